The van der Waals surface area contributed by atoms with Crippen LogP contribution in [0.15, 0.2) is 25.3 Å². The predicted molar refractivity (Wildman–Crippen MR) is 45.2 cm³/mol. The summed E-state index contributed by atoms with van der Waals surface area (Å²) >= 11 is 0. The van der Waals surface area contributed by atoms with Crippen LogP contribution in [0.1, 0.15) is 28.7 Å². The molecule has 8 heavy (non-hydrogen) atoms. The number of rotatable bonds is 0. The summed E-state index contributed by atoms with van der Waals surface area (Å²) < 4.78 is 0. The Morgan fingerprint density at radius 3 is 0.875 bits per heavy atom. The first-order valence-electron chi connectivity index (χ1n) is 1.97. The lowest BCUT2D eigenvalue weighted by Crippen LogP contribution is -1.07. The van der Waals surface area contributed by atoms with Gasteiger partial charge < -0.3 is 0 Å². The molecule has 0 rings (SSSR count). The zero-order chi connectivity index (χ0) is 5.41. The van der Waals surface area contributed by atoms with Gasteiger partial charge in [0.25, 0.3) is 0 Å². The SMILES string of the molecule is C.C.C=CC.C=CC. The Balaban J connectivity index is -0.0000000160. The van der Waals surface area contributed by atoms with Crippen molar-refractivity contribution in [1.82, 2.24) is 0 Å². The second-order valence-corrected chi connectivity index (χ2v) is 0.816. The van der Waals surface area contributed by atoms with E-state index in [-0.39, 0.29) is 14.9 Å². The van der Waals surface area contributed by atoms with Gasteiger partial charge in [0.1, 0.15) is 0 Å². The molecule has 0 saturated heterocycles. The maximum atomic E-state index is 3.36. The molecule has 0 aliphatic heterocycles. The number of hydrogen-bond donors (Lipinski definition) is 0. The van der Waals surface area contributed by atoms with E-state index in [0.717, 1.165) is 0 Å². The van der Waals surface area contributed by atoms with Gasteiger partial charge in [0.2, 0.25) is 0 Å². The Morgan fingerprint density at radius 2 is 0.875 bits per heavy atom. The van der Waals surface area contributed by atoms with Gasteiger partial charge in [0, 0.05) is 0 Å². The van der Waals surface area contributed by atoms with Crippen LogP contribution >= 0.6 is 0 Å². The summed E-state index contributed by atoms with van der Waals surface area (Å²) in [5.41, 5.74) is 0. The summed E-state index contributed by atoms with van der Waals surface area (Å²) in [7, 11) is 0. The molecule has 0 aromatic rings. The third-order valence-electron chi connectivity index (χ3n) is 0. The molecular formula is C8H20. The fourth-order valence-electron chi connectivity index (χ4n) is 0. The maximum absolute atomic E-state index is 3.36. The van der Waals surface area contributed by atoms with Crippen molar-refractivity contribution in [2.24, 2.45) is 0 Å². The van der Waals surface area contributed by atoms with Crippen LogP contribution in [0.25, 0.3) is 0 Å². The monoisotopic (exact) mass is 116 g/mol. The highest BCUT2D eigenvalue weighted by Crippen LogP contribution is 1.38. The lowest BCUT2D eigenvalue weighted by atomic mass is 10.8. The third kappa shape index (κ3) is 407. The Labute approximate surface area is 54.9 Å². The first-order valence-corrected chi connectivity index (χ1v) is 1.97. The van der Waals surface area contributed by atoms with Crippen LogP contribution in [0.2, 0.25) is 0 Å². The highest BCUT2D eigenvalue weighted by Gasteiger charge is 1.15. The predicted octanol–water partition coefficient (Wildman–Crippen LogP) is 3.66. The van der Waals surface area contributed by atoms with E-state index in [9.17, 15) is 0 Å². The number of hydrogen-bond acceptors (Lipinski definition) is 0. The van der Waals surface area contributed by atoms with Gasteiger partial charge >= 0.3 is 0 Å². The second kappa shape index (κ2) is 88.8. The van der Waals surface area contributed by atoms with Gasteiger partial charge in [0.05, 0.1) is 0 Å². The van der Waals surface area contributed by atoms with Gasteiger partial charge in [-0.3, -0.25) is 0 Å². The van der Waals surface area contributed by atoms with Crippen molar-refractivity contribution in [3.8, 4) is 0 Å². The molecule has 0 radical (unpaired) electrons. The zero-order valence-corrected chi connectivity index (χ0v) is 4.57. The van der Waals surface area contributed by atoms with Crippen LogP contribution in [-0.2, 0) is 0 Å². The molecule has 0 atom stereocenters. The normalized spacial score (nSPS) is 3.25. The lowest BCUT2D eigenvalue weighted by Gasteiger charge is -1.31. The van der Waals surface area contributed by atoms with Crippen LogP contribution in [0.3, 0.4) is 0 Å². The standard InChI is InChI=1S/2C3H6.2CH4/c2*1-3-2;;/h2*3H,1H2,2H3;2*1H4. The minimum absolute atomic E-state index is 0. The van der Waals surface area contributed by atoms with Crippen molar-refractivity contribution in [3.63, 3.8) is 0 Å². The van der Waals surface area contributed by atoms with Crippen LogP contribution in [0, 0.1) is 0 Å². The average Bonchev–Trinajstić information content (AvgIpc) is 1.39. The Bertz CT molecular complexity index is 21.0. The Hall–Kier alpha value is -0.520. The van der Waals surface area contributed by atoms with Crippen LogP contribution in [0.4, 0.5) is 0 Å². The van der Waals surface area contributed by atoms with Crippen molar-refractivity contribution in [2.75, 3.05) is 0 Å². The topological polar surface area (TPSA) is 0 Å². The molecule has 52 valence electrons. The molecule has 0 aromatic heterocycles. The van der Waals surface area contributed by atoms with Gasteiger partial charge in [-0.2, -0.15) is 0 Å². The van der Waals surface area contributed by atoms with Crippen molar-refractivity contribution >= 4 is 0 Å². The molecule has 0 saturated carbocycles. The molecule has 0 amide bonds. The molecule has 0 fully saturated rings. The quantitative estimate of drug-likeness (QED) is 0.424. The molecule has 0 heterocycles. The maximum Gasteiger partial charge on any atom is -0.0473 e. The van der Waals surface area contributed by atoms with Crippen LogP contribution in [0.5, 0.6) is 0 Å². The van der Waals surface area contributed by atoms with E-state index in [1.165, 1.54) is 0 Å². The highest BCUT2D eigenvalue weighted by atomic mass is 13.2. The van der Waals surface area contributed by atoms with Gasteiger partial charge in [-0.25, -0.2) is 0 Å². The number of allylic oxidation sites excluding steroid dienone is 2. The van der Waals surface area contributed by atoms with Crippen molar-refractivity contribution in [2.45, 2.75) is 28.7 Å². The average molecular weight is 116 g/mol. The minimum Gasteiger partial charge on any atom is -0.103 e. The van der Waals surface area contributed by atoms with Gasteiger partial charge in [-0.15, -0.1) is 13.2 Å². The summed E-state index contributed by atoms with van der Waals surface area (Å²) in [6.07, 6.45) is 3.50. The van der Waals surface area contributed by atoms with E-state index >= 15 is 0 Å². The smallest absolute Gasteiger partial charge is 0.0473 e. The van der Waals surface area contributed by atoms with E-state index in [1.807, 2.05) is 13.8 Å². The summed E-state index contributed by atoms with van der Waals surface area (Å²) in [5.74, 6) is 0. The van der Waals surface area contributed by atoms with Crippen molar-refractivity contribution in [3.05, 3.63) is 25.3 Å². The van der Waals surface area contributed by atoms with Gasteiger partial charge in [-0.05, 0) is 13.8 Å². The third-order valence-corrected chi connectivity index (χ3v) is 0. The molecule has 0 aliphatic carbocycles. The highest BCUT2D eigenvalue weighted by molar-refractivity contribution is 4.51. The fourth-order valence-corrected chi connectivity index (χ4v) is 0. The van der Waals surface area contributed by atoms with E-state index in [2.05, 4.69) is 13.2 Å². The van der Waals surface area contributed by atoms with E-state index in [4.69, 9.17) is 0 Å². The molecule has 0 unspecified atom stereocenters. The van der Waals surface area contributed by atoms with Crippen LogP contribution < -0.4 is 0 Å². The van der Waals surface area contributed by atoms with E-state index in [1.54, 1.807) is 12.2 Å². The molecule has 0 heteroatoms. The molecule has 0 nitrogen and oxygen atoms in total. The van der Waals surface area contributed by atoms with Crippen LogP contribution in [-0.4, -0.2) is 0 Å². The Morgan fingerprint density at radius 1 is 0.875 bits per heavy atom. The van der Waals surface area contributed by atoms with Gasteiger partial charge in [0.15, 0.2) is 0 Å². The second-order valence-electron chi connectivity index (χ2n) is 0.816. The summed E-state index contributed by atoms with van der Waals surface area (Å²) in [4.78, 5) is 0. The molecule has 0 bridgehead atoms. The summed E-state index contributed by atoms with van der Waals surface area (Å²) in [5, 5.41) is 0. The molecule has 0 aliphatic rings. The fraction of sp³-hybridized carbons (Fsp3) is 0.500. The first-order chi connectivity index (χ1) is 2.83. The largest absolute Gasteiger partial charge is 0.103 e. The van der Waals surface area contributed by atoms with E-state index < -0.39 is 0 Å². The van der Waals surface area contributed by atoms with E-state index in [0.29, 0.717) is 0 Å². The van der Waals surface area contributed by atoms with Crippen molar-refractivity contribution < 1.29 is 0 Å². The first kappa shape index (κ1) is 25.9. The molecule has 0 N–H and O–H groups in total. The zero-order valence-electron chi connectivity index (χ0n) is 4.57. The van der Waals surface area contributed by atoms with Gasteiger partial charge in [-0.1, -0.05) is 27.0 Å². The molecule has 0 aromatic carbocycles. The summed E-state index contributed by atoms with van der Waals surface area (Å²) in [6.45, 7) is 10.5. The minimum atomic E-state index is 0. The Kier molecular flexibility index (Phi) is 288. The summed E-state index contributed by atoms with van der Waals surface area (Å²) in [6, 6.07) is 0. The van der Waals surface area contributed by atoms with Crippen molar-refractivity contribution in [1.29, 1.82) is 0 Å². The molecule has 0 spiro atoms. The lowest BCUT2D eigenvalue weighted by molar-refractivity contribution is 1.80. The molecular weight excluding hydrogens is 96.1 g/mol.